The zero-order chi connectivity index (χ0) is 18.8. The van der Waals surface area contributed by atoms with E-state index in [0.717, 1.165) is 42.5 Å². The van der Waals surface area contributed by atoms with Crippen LogP contribution in [-0.4, -0.2) is 31.2 Å². The Bertz CT molecular complexity index is 1040. The van der Waals surface area contributed by atoms with Crippen molar-refractivity contribution in [2.45, 2.75) is 37.4 Å². The summed E-state index contributed by atoms with van der Waals surface area (Å²) < 4.78 is 14.8. The summed E-state index contributed by atoms with van der Waals surface area (Å²) in [4.78, 5) is 27.1. The lowest BCUT2D eigenvalue weighted by Crippen LogP contribution is -2.25. The molecule has 0 fully saturated rings. The number of amides is 1. The van der Waals surface area contributed by atoms with E-state index in [1.54, 1.807) is 12.1 Å². The molecule has 0 saturated heterocycles. The zero-order valence-corrected chi connectivity index (χ0v) is 15.3. The smallest absolute Gasteiger partial charge is 0.255 e. The summed E-state index contributed by atoms with van der Waals surface area (Å²) in [5.41, 5.74) is 2.46. The Hall–Kier alpha value is -2.68. The molecule has 3 aromatic rings. The average Bonchev–Trinajstić information content (AvgIpc) is 3.09. The minimum absolute atomic E-state index is 0.0989. The number of H-pyrrole nitrogens is 1. The maximum atomic E-state index is 12.9. The van der Waals surface area contributed by atoms with Gasteiger partial charge in [0.1, 0.15) is 5.82 Å². The van der Waals surface area contributed by atoms with Gasteiger partial charge >= 0.3 is 0 Å². The number of aromatic nitrogens is 4. The van der Waals surface area contributed by atoms with Crippen molar-refractivity contribution in [1.29, 1.82) is 0 Å². The van der Waals surface area contributed by atoms with Gasteiger partial charge in [-0.05, 0) is 43.4 Å². The molecule has 1 aliphatic rings. The van der Waals surface area contributed by atoms with Crippen molar-refractivity contribution in [3.05, 3.63) is 57.3 Å². The predicted molar refractivity (Wildman–Crippen MR) is 99.2 cm³/mol. The molecule has 7 nitrogen and oxygen atoms in total. The molecule has 0 bridgehead atoms. The standard InChI is InChI=1S/C18H18FN5O2S/c19-12-7-5-11(6-8-12)9-20-15(25)10-27-18-23-22-17-21-16(26)13-3-1-2-4-14(13)24(17)18/h5-8H,1-4,9-10H2,(H,20,25)(H,21,22,26). The fourth-order valence-electron chi connectivity index (χ4n) is 3.23. The first-order valence-electron chi connectivity index (χ1n) is 8.75. The first-order valence-corrected chi connectivity index (χ1v) is 9.73. The van der Waals surface area contributed by atoms with Crippen molar-refractivity contribution in [2.75, 3.05) is 5.75 Å². The molecule has 1 amide bonds. The zero-order valence-electron chi connectivity index (χ0n) is 14.5. The molecule has 0 unspecified atom stereocenters. The number of aryl methyl sites for hydroxylation is 1. The Morgan fingerprint density at radius 2 is 2.00 bits per heavy atom. The first-order chi connectivity index (χ1) is 13.1. The van der Waals surface area contributed by atoms with Gasteiger partial charge in [-0.15, -0.1) is 10.2 Å². The second-order valence-corrected chi connectivity index (χ2v) is 7.36. The van der Waals surface area contributed by atoms with Crippen LogP contribution < -0.4 is 10.9 Å². The number of nitrogens with zero attached hydrogens (tertiary/aromatic N) is 3. The number of hydrogen-bond acceptors (Lipinski definition) is 5. The van der Waals surface area contributed by atoms with Crippen LogP contribution in [0.25, 0.3) is 5.78 Å². The summed E-state index contributed by atoms with van der Waals surface area (Å²) in [7, 11) is 0. The van der Waals surface area contributed by atoms with Gasteiger partial charge in [0, 0.05) is 17.8 Å². The summed E-state index contributed by atoms with van der Waals surface area (Å²) in [6, 6.07) is 6.00. The highest BCUT2D eigenvalue weighted by Crippen LogP contribution is 2.23. The Morgan fingerprint density at radius 3 is 2.81 bits per heavy atom. The Labute approximate surface area is 158 Å². The van der Waals surface area contributed by atoms with E-state index < -0.39 is 0 Å². The van der Waals surface area contributed by atoms with Crippen LogP contribution in [0.3, 0.4) is 0 Å². The van der Waals surface area contributed by atoms with E-state index >= 15 is 0 Å². The summed E-state index contributed by atoms with van der Waals surface area (Å²) in [5, 5.41) is 11.6. The number of carbonyl (C=O) groups excluding carboxylic acids is 1. The van der Waals surface area contributed by atoms with Gasteiger partial charge in [-0.2, -0.15) is 0 Å². The van der Waals surface area contributed by atoms with Gasteiger partial charge in [0.25, 0.3) is 5.56 Å². The fourth-order valence-corrected chi connectivity index (χ4v) is 4.02. The highest BCUT2D eigenvalue weighted by molar-refractivity contribution is 7.99. The number of aromatic amines is 1. The molecule has 0 radical (unpaired) electrons. The number of fused-ring (bicyclic) bond motifs is 3. The summed E-state index contributed by atoms with van der Waals surface area (Å²) in [5.74, 6) is 0.130. The van der Waals surface area contributed by atoms with Crippen LogP contribution in [0.4, 0.5) is 4.39 Å². The lowest BCUT2D eigenvalue weighted by atomic mass is 9.97. The normalized spacial score (nSPS) is 13.5. The lowest BCUT2D eigenvalue weighted by molar-refractivity contribution is -0.118. The molecule has 4 rings (SSSR count). The number of rotatable bonds is 5. The minimum atomic E-state index is -0.305. The van der Waals surface area contributed by atoms with Gasteiger partial charge in [-0.1, -0.05) is 23.9 Å². The predicted octanol–water partition coefficient (Wildman–Crippen LogP) is 1.84. The van der Waals surface area contributed by atoms with E-state index in [1.807, 2.05) is 4.40 Å². The fraction of sp³-hybridized carbons (Fsp3) is 0.333. The number of benzene rings is 1. The molecule has 27 heavy (non-hydrogen) atoms. The van der Waals surface area contributed by atoms with Gasteiger partial charge < -0.3 is 5.32 Å². The van der Waals surface area contributed by atoms with Crippen LogP contribution in [0.1, 0.15) is 29.7 Å². The Balaban J connectivity index is 1.45. The van der Waals surface area contributed by atoms with Crippen molar-refractivity contribution in [1.82, 2.24) is 24.9 Å². The van der Waals surface area contributed by atoms with Crippen molar-refractivity contribution >= 4 is 23.4 Å². The molecule has 0 atom stereocenters. The van der Waals surface area contributed by atoms with Gasteiger partial charge in [-0.3, -0.25) is 19.0 Å². The number of hydrogen-bond donors (Lipinski definition) is 2. The van der Waals surface area contributed by atoms with Crippen LogP contribution in [0.2, 0.25) is 0 Å². The maximum Gasteiger partial charge on any atom is 0.255 e. The Kier molecular flexibility index (Phi) is 4.93. The molecule has 0 aliphatic heterocycles. The van der Waals surface area contributed by atoms with E-state index in [9.17, 15) is 14.0 Å². The topological polar surface area (TPSA) is 92.2 Å². The van der Waals surface area contributed by atoms with E-state index in [1.165, 1.54) is 23.9 Å². The molecule has 9 heteroatoms. The molecular formula is C18H18FN5O2S. The van der Waals surface area contributed by atoms with Crippen molar-refractivity contribution in [3.8, 4) is 0 Å². The quantitative estimate of drug-likeness (QED) is 0.652. The van der Waals surface area contributed by atoms with Crippen LogP contribution in [-0.2, 0) is 24.2 Å². The van der Waals surface area contributed by atoms with Crippen LogP contribution in [0.15, 0.2) is 34.2 Å². The molecule has 2 heterocycles. The van der Waals surface area contributed by atoms with Crippen LogP contribution >= 0.6 is 11.8 Å². The van der Waals surface area contributed by atoms with Gasteiger partial charge in [0.05, 0.1) is 5.75 Å². The summed E-state index contributed by atoms with van der Waals surface area (Å²) in [6.07, 6.45) is 3.57. The van der Waals surface area contributed by atoms with Crippen LogP contribution in [0, 0.1) is 5.82 Å². The van der Waals surface area contributed by atoms with Gasteiger partial charge in [0.2, 0.25) is 11.7 Å². The third kappa shape index (κ3) is 3.73. The molecule has 140 valence electrons. The highest BCUT2D eigenvalue weighted by atomic mass is 32.2. The van der Waals surface area contributed by atoms with Crippen LogP contribution in [0.5, 0.6) is 0 Å². The van der Waals surface area contributed by atoms with Crippen molar-refractivity contribution in [3.63, 3.8) is 0 Å². The second kappa shape index (κ2) is 7.51. The minimum Gasteiger partial charge on any atom is -0.351 e. The third-order valence-electron chi connectivity index (χ3n) is 4.58. The molecule has 2 N–H and O–H groups in total. The van der Waals surface area contributed by atoms with Gasteiger partial charge in [-0.25, -0.2) is 4.39 Å². The number of thioether (sulfide) groups is 1. The number of nitrogens with one attached hydrogen (secondary N) is 2. The molecule has 1 aliphatic carbocycles. The number of carbonyl (C=O) groups is 1. The second-order valence-electron chi connectivity index (χ2n) is 6.42. The van der Waals surface area contributed by atoms with Gasteiger partial charge in [0.15, 0.2) is 5.16 Å². The molecule has 0 saturated carbocycles. The first kappa shape index (κ1) is 17.7. The lowest BCUT2D eigenvalue weighted by Gasteiger charge is -2.16. The monoisotopic (exact) mass is 387 g/mol. The molecule has 0 spiro atoms. The maximum absolute atomic E-state index is 12.9. The summed E-state index contributed by atoms with van der Waals surface area (Å²) >= 11 is 1.28. The summed E-state index contributed by atoms with van der Waals surface area (Å²) in [6.45, 7) is 0.336. The SMILES string of the molecule is O=C(CSc1nnc2[nH]c(=O)c3c(n12)CCCC3)NCc1ccc(F)cc1. The molecular weight excluding hydrogens is 369 g/mol. The average molecular weight is 387 g/mol. The van der Waals surface area contributed by atoms with E-state index in [-0.39, 0.29) is 23.0 Å². The van der Waals surface area contributed by atoms with E-state index in [4.69, 9.17) is 0 Å². The van der Waals surface area contributed by atoms with Crippen molar-refractivity contribution < 1.29 is 9.18 Å². The van der Waals surface area contributed by atoms with E-state index in [2.05, 4.69) is 20.5 Å². The molecule has 1 aromatic carbocycles. The number of halogens is 1. The third-order valence-corrected chi connectivity index (χ3v) is 5.51. The largest absolute Gasteiger partial charge is 0.351 e. The van der Waals surface area contributed by atoms with E-state index in [0.29, 0.717) is 17.5 Å². The Morgan fingerprint density at radius 1 is 1.22 bits per heavy atom. The molecule has 2 aromatic heterocycles. The highest BCUT2D eigenvalue weighted by Gasteiger charge is 2.20. The van der Waals surface area contributed by atoms with Crippen molar-refractivity contribution in [2.24, 2.45) is 0 Å².